The van der Waals surface area contributed by atoms with E-state index in [0.29, 0.717) is 11.1 Å². The van der Waals surface area contributed by atoms with Gasteiger partial charge in [0, 0.05) is 19.1 Å². The third kappa shape index (κ3) is 6.51. The Hall–Kier alpha value is -2.46. The number of hydrogen-bond donors (Lipinski definition) is 1. The van der Waals surface area contributed by atoms with E-state index in [9.17, 15) is 14.7 Å². The number of aliphatic hydroxyl groups is 1. The summed E-state index contributed by atoms with van der Waals surface area (Å²) in [6.45, 7) is 5.39. The van der Waals surface area contributed by atoms with E-state index in [2.05, 4.69) is 0 Å². The Morgan fingerprint density at radius 1 is 1.32 bits per heavy atom. The predicted molar refractivity (Wildman–Crippen MR) is 100 cm³/mol. The van der Waals surface area contributed by atoms with Crippen LogP contribution in [0.15, 0.2) is 60.2 Å². The zero-order valence-electron chi connectivity index (χ0n) is 15.3. The molecule has 1 aromatic carbocycles. The minimum absolute atomic E-state index is 0.0232. The number of hydrogen-bond acceptors (Lipinski definition) is 4. The summed E-state index contributed by atoms with van der Waals surface area (Å²) in [4.78, 5) is 22.2. The van der Waals surface area contributed by atoms with Crippen LogP contribution in [0.1, 0.15) is 39.2 Å². The first-order valence-corrected chi connectivity index (χ1v) is 8.26. The van der Waals surface area contributed by atoms with Gasteiger partial charge in [0.1, 0.15) is 5.76 Å². The standard InChI is InChI=1S/C15H16O3.C6H10O/c1-15(18-2)9-8-12(13(16)10-15)14(17)11-6-4-3-5-7-11;1-3-4-5-6(2)7/h3-9,17H,10H2,1-2H3;4-5H,3H2,1-2H3. The third-order valence-corrected chi connectivity index (χ3v) is 3.77. The zero-order chi connectivity index (χ0) is 18.9. The number of Topliss-reactive ketones (excluding diaryl/α,β-unsaturated/α-hetero) is 1. The molecule has 4 nitrogen and oxygen atoms in total. The Morgan fingerprint density at radius 2 is 1.96 bits per heavy atom. The van der Waals surface area contributed by atoms with E-state index in [-0.39, 0.29) is 23.7 Å². The minimum atomic E-state index is -0.572. The zero-order valence-corrected chi connectivity index (χ0v) is 15.3. The number of aliphatic hydroxyl groups excluding tert-OH is 1. The van der Waals surface area contributed by atoms with E-state index in [1.807, 2.05) is 44.2 Å². The van der Waals surface area contributed by atoms with Crippen molar-refractivity contribution in [3.8, 4) is 0 Å². The van der Waals surface area contributed by atoms with Crippen LogP contribution in [-0.2, 0) is 14.3 Å². The van der Waals surface area contributed by atoms with E-state index >= 15 is 0 Å². The molecule has 0 fully saturated rings. The molecular weight excluding hydrogens is 316 g/mol. The highest BCUT2D eigenvalue weighted by Crippen LogP contribution is 2.28. The molecule has 0 aliphatic heterocycles. The van der Waals surface area contributed by atoms with Gasteiger partial charge in [-0.15, -0.1) is 0 Å². The molecule has 1 aliphatic carbocycles. The molecule has 0 heterocycles. The molecule has 1 aromatic rings. The lowest BCUT2D eigenvalue weighted by molar-refractivity contribution is -0.119. The van der Waals surface area contributed by atoms with Crippen LogP contribution in [0.3, 0.4) is 0 Å². The van der Waals surface area contributed by atoms with Gasteiger partial charge in [0.25, 0.3) is 0 Å². The Labute approximate surface area is 149 Å². The lowest BCUT2D eigenvalue weighted by Gasteiger charge is -2.27. The molecule has 2 rings (SSSR count). The minimum Gasteiger partial charge on any atom is -0.507 e. The number of ketones is 2. The molecule has 0 saturated heterocycles. The summed E-state index contributed by atoms with van der Waals surface area (Å²) >= 11 is 0. The van der Waals surface area contributed by atoms with Crippen molar-refractivity contribution < 1.29 is 19.4 Å². The van der Waals surface area contributed by atoms with E-state index in [1.54, 1.807) is 38.3 Å². The predicted octanol–water partition coefficient (Wildman–Crippen LogP) is 4.43. The van der Waals surface area contributed by atoms with Crippen molar-refractivity contribution in [1.82, 2.24) is 0 Å². The van der Waals surface area contributed by atoms with Crippen molar-refractivity contribution in [2.24, 2.45) is 0 Å². The van der Waals surface area contributed by atoms with Crippen molar-refractivity contribution >= 4 is 17.3 Å². The topological polar surface area (TPSA) is 63.6 Å². The number of benzene rings is 1. The smallest absolute Gasteiger partial charge is 0.169 e. The van der Waals surface area contributed by atoms with Crippen LogP contribution in [0.4, 0.5) is 0 Å². The van der Waals surface area contributed by atoms with E-state index in [4.69, 9.17) is 4.74 Å². The van der Waals surface area contributed by atoms with Gasteiger partial charge in [-0.1, -0.05) is 49.4 Å². The molecule has 1 N–H and O–H groups in total. The highest BCUT2D eigenvalue weighted by Gasteiger charge is 2.31. The lowest BCUT2D eigenvalue weighted by Crippen LogP contribution is -2.31. The van der Waals surface area contributed by atoms with E-state index in [0.717, 1.165) is 6.42 Å². The van der Waals surface area contributed by atoms with Crippen molar-refractivity contribution in [2.75, 3.05) is 7.11 Å². The SMILES string of the molecule is CCC=CC(C)=O.COC1(C)C=CC(=C(O)c2ccccc2)C(=O)C1. The van der Waals surface area contributed by atoms with Crippen LogP contribution in [-0.4, -0.2) is 29.4 Å². The Bertz CT molecular complexity index is 683. The number of carbonyl (C=O) groups excluding carboxylic acids is 2. The fourth-order valence-electron chi connectivity index (χ4n) is 2.21. The average Bonchev–Trinajstić information content (AvgIpc) is 2.61. The molecule has 134 valence electrons. The maximum Gasteiger partial charge on any atom is 0.169 e. The van der Waals surface area contributed by atoms with Gasteiger partial charge in [-0.3, -0.25) is 9.59 Å². The molecule has 1 atom stereocenters. The second-order valence-electron chi connectivity index (χ2n) is 6.00. The highest BCUT2D eigenvalue weighted by molar-refractivity contribution is 6.05. The Morgan fingerprint density at radius 3 is 2.40 bits per heavy atom. The number of rotatable bonds is 4. The first kappa shape index (κ1) is 20.6. The van der Waals surface area contributed by atoms with Crippen molar-refractivity contribution in [1.29, 1.82) is 0 Å². The molecule has 0 bridgehead atoms. The van der Waals surface area contributed by atoms with Gasteiger partial charge in [0.15, 0.2) is 11.6 Å². The van der Waals surface area contributed by atoms with Gasteiger partial charge in [-0.05, 0) is 32.4 Å². The third-order valence-electron chi connectivity index (χ3n) is 3.77. The molecular formula is C21H26O4. The molecule has 4 heteroatoms. The monoisotopic (exact) mass is 342 g/mol. The molecule has 1 unspecified atom stereocenters. The molecule has 0 saturated carbocycles. The molecule has 0 radical (unpaired) electrons. The fourth-order valence-corrected chi connectivity index (χ4v) is 2.21. The second kappa shape index (κ2) is 9.74. The van der Waals surface area contributed by atoms with Gasteiger partial charge < -0.3 is 9.84 Å². The fraction of sp³-hybridized carbons (Fsp3) is 0.333. The van der Waals surface area contributed by atoms with Crippen LogP contribution in [0.2, 0.25) is 0 Å². The number of methoxy groups -OCH3 is 1. The maximum atomic E-state index is 12.0. The van der Waals surface area contributed by atoms with Crippen LogP contribution in [0, 0.1) is 0 Å². The first-order chi connectivity index (χ1) is 11.8. The Balaban J connectivity index is 0.000000381. The van der Waals surface area contributed by atoms with Gasteiger partial charge in [0.2, 0.25) is 0 Å². The van der Waals surface area contributed by atoms with Crippen molar-refractivity contribution in [2.45, 2.75) is 39.2 Å². The molecule has 0 amide bonds. The van der Waals surface area contributed by atoms with Crippen LogP contribution in [0.25, 0.3) is 5.76 Å². The molecule has 25 heavy (non-hydrogen) atoms. The van der Waals surface area contributed by atoms with Gasteiger partial charge in [-0.2, -0.15) is 0 Å². The van der Waals surface area contributed by atoms with Crippen molar-refractivity contribution in [3.63, 3.8) is 0 Å². The van der Waals surface area contributed by atoms with Gasteiger partial charge >= 0.3 is 0 Å². The number of carbonyl (C=O) groups is 2. The maximum absolute atomic E-state index is 12.0. The summed E-state index contributed by atoms with van der Waals surface area (Å²) in [5.74, 6) is 0.0417. The lowest BCUT2D eigenvalue weighted by atomic mass is 9.87. The summed E-state index contributed by atoms with van der Waals surface area (Å²) in [6, 6.07) is 9.05. The van der Waals surface area contributed by atoms with E-state index < -0.39 is 5.60 Å². The van der Waals surface area contributed by atoms with Crippen molar-refractivity contribution in [3.05, 3.63) is 65.8 Å². The average molecular weight is 342 g/mol. The Kier molecular flexibility index (Phi) is 8.02. The first-order valence-electron chi connectivity index (χ1n) is 8.26. The number of ether oxygens (including phenoxy) is 1. The summed E-state index contributed by atoms with van der Waals surface area (Å²) in [6.07, 6.45) is 8.06. The summed E-state index contributed by atoms with van der Waals surface area (Å²) in [5.41, 5.74) is 0.416. The second-order valence-corrected chi connectivity index (χ2v) is 6.00. The van der Waals surface area contributed by atoms with E-state index in [1.165, 1.54) is 0 Å². The van der Waals surface area contributed by atoms with Gasteiger partial charge in [0.05, 0.1) is 11.2 Å². The van der Waals surface area contributed by atoms with Gasteiger partial charge in [-0.25, -0.2) is 0 Å². The molecule has 1 aliphatic rings. The largest absolute Gasteiger partial charge is 0.507 e. The van der Waals surface area contributed by atoms with Crippen LogP contribution >= 0.6 is 0 Å². The number of allylic oxidation sites excluding steroid dienone is 4. The molecule has 0 aromatic heterocycles. The highest BCUT2D eigenvalue weighted by atomic mass is 16.5. The van der Waals surface area contributed by atoms with Crippen LogP contribution in [0.5, 0.6) is 0 Å². The quantitative estimate of drug-likeness (QED) is 0.649. The molecule has 0 spiro atoms. The normalized spacial score (nSPS) is 21.7. The summed E-state index contributed by atoms with van der Waals surface area (Å²) in [7, 11) is 1.57. The summed E-state index contributed by atoms with van der Waals surface area (Å²) in [5, 5.41) is 10.1. The van der Waals surface area contributed by atoms with Crippen LogP contribution < -0.4 is 0 Å². The summed E-state index contributed by atoms with van der Waals surface area (Å²) < 4.78 is 5.27.